The van der Waals surface area contributed by atoms with Gasteiger partial charge in [-0.2, -0.15) is 4.39 Å². The predicted molar refractivity (Wildman–Crippen MR) is 58.8 cm³/mol. The highest BCUT2D eigenvalue weighted by atomic mass is 19.1. The minimum absolute atomic E-state index is 0.000705. The topological polar surface area (TPSA) is 50.7 Å². The van der Waals surface area contributed by atoms with Crippen LogP contribution >= 0.6 is 0 Å². The number of benzene rings is 1. The summed E-state index contributed by atoms with van der Waals surface area (Å²) in [6.07, 6.45) is 1.87. The van der Waals surface area contributed by atoms with Gasteiger partial charge in [-0.25, -0.2) is 0 Å². The third-order valence-corrected chi connectivity index (χ3v) is 3.54. The monoisotopic (exact) mass is 239 g/mol. The van der Waals surface area contributed by atoms with Gasteiger partial charge in [-0.05, 0) is 32.4 Å². The molecule has 4 nitrogen and oxygen atoms in total. The van der Waals surface area contributed by atoms with Crippen molar-refractivity contribution in [2.75, 3.05) is 13.3 Å². The second-order valence-corrected chi connectivity index (χ2v) is 4.68. The number of hydrogen-bond donors (Lipinski definition) is 2. The van der Waals surface area contributed by atoms with E-state index in [1.54, 1.807) is 6.07 Å². The molecule has 2 N–H and O–H groups in total. The van der Waals surface area contributed by atoms with Crippen molar-refractivity contribution in [3.63, 3.8) is 0 Å². The third-order valence-electron chi connectivity index (χ3n) is 3.54. The van der Waals surface area contributed by atoms with Crippen molar-refractivity contribution in [3.05, 3.63) is 17.4 Å². The fourth-order valence-corrected chi connectivity index (χ4v) is 2.54. The molecule has 17 heavy (non-hydrogen) atoms. The molecule has 3 rings (SSSR count). The van der Waals surface area contributed by atoms with E-state index < -0.39 is 11.4 Å². The molecule has 0 aromatic heterocycles. The quantitative estimate of drug-likeness (QED) is 0.785. The number of hydrogen-bond acceptors (Lipinski definition) is 4. The lowest BCUT2D eigenvalue weighted by Crippen LogP contribution is -2.33. The molecule has 1 saturated heterocycles. The number of fused-ring (bicyclic) bond motifs is 1. The van der Waals surface area contributed by atoms with E-state index in [0.29, 0.717) is 11.3 Å². The molecule has 92 valence electrons. The highest BCUT2D eigenvalue weighted by molar-refractivity contribution is 5.55. The maximum atomic E-state index is 13.9. The summed E-state index contributed by atoms with van der Waals surface area (Å²) in [5.74, 6) is -0.700. The predicted octanol–water partition coefficient (Wildman–Crippen LogP) is 1.86. The largest absolute Gasteiger partial charge is 0.504 e. The Kier molecular flexibility index (Phi) is 2.19. The van der Waals surface area contributed by atoms with Crippen LogP contribution in [0.5, 0.6) is 17.2 Å². The highest BCUT2D eigenvalue weighted by Crippen LogP contribution is 2.46. The van der Waals surface area contributed by atoms with E-state index in [1.165, 1.54) is 0 Å². The number of nitrogens with one attached hydrogen (secondary N) is 1. The minimum atomic E-state index is -0.732. The smallest absolute Gasteiger partial charge is 0.231 e. The lowest BCUT2D eigenvalue weighted by Gasteiger charge is -2.26. The van der Waals surface area contributed by atoms with Crippen molar-refractivity contribution in [2.45, 2.75) is 25.3 Å². The summed E-state index contributed by atoms with van der Waals surface area (Å²) in [6.45, 7) is 2.82. The Hall–Kier alpha value is -1.49. The first-order chi connectivity index (χ1) is 8.12. The van der Waals surface area contributed by atoms with Crippen molar-refractivity contribution in [3.8, 4) is 17.2 Å². The summed E-state index contributed by atoms with van der Waals surface area (Å²) in [5, 5.41) is 13.2. The molecule has 1 fully saturated rings. The molecule has 0 aliphatic carbocycles. The maximum absolute atomic E-state index is 13.9. The number of ether oxygens (including phenoxy) is 2. The van der Waals surface area contributed by atoms with Gasteiger partial charge < -0.3 is 19.9 Å². The van der Waals surface area contributed by atoms with Gasteiger partial charge in [0.1, 0.15) is 0 Å². The molecule has 2 heterocycles. The first-order valence-electron chi connectivity index (χ1n) is 5.68. The van der Waals surface area contributed by atoms with E-state index in [0.717, 1.165) is 19.4 Å². The van der Waals surface area contributed by atoms with Crippen LogP contribution in [0, 0.1) is 5.82 Å². The molecular formula is C12H14FNO3. The normalized spacial score (nSPS) is 26.5. The Morgan fingerprint density at radius 2 is 2.29 bits per heavy atom. The average Bonchev–Trinajstić information content (AvgIpc) is 2.92. The van der Waals surface area contributed by atoms with E-state index >= 15 is 0 Å². The van der Waals surface area contributed by atoms with E-state index in [4.69, 9.17) is 9.47 Å². The van der Waals surface area contributed by atoms with Gasteiger partial charge in [0.2, 0.25) is 18.4 Å². The van der Waals surface area contributed by atoms with Gasteiger partial charge in [-0.15, -0.1) is 0 Å². The van der Waals surface area contributed by atoms with Crippen molar-refractivity contribution < 1.29 is 19.0 Å². The second-order valence-electron chi connectivity index (χ2n) is 4.68. The van der Waals surface area contributed by atoms with E-state index in [1.807, 2.05) is 6.92 Å². The molecule has 0 spiro atoms. The van der Waals surface area contributed by atoms with Gasteiger partial charge in [0.05, 0.1) is 0 Å². The molecule has 0 saturated carbocycles. The Bertz CT molecular complexity index is 469. The van der Waals surface area contributed by atoms with Gasteiger partial charge in [-0.3, -0.25) is 0 Å². The van der Waals surface area contributed by atoms with Crippen molar-refractivity contribution >= 4 is 0 Å². The van der Waals surface area contributed by atoms with Gasteiger partial charge in [-0.1, -0.05) is 0 Å². The number of aromatic hydroxyl groups is 1. The summed E-state index contributed by atoms with van der Waals surface area (Å²) in [4.78, 5) is 0. The van der Waals surface area contributed by atoms with Crippen LogP contribution in [0.1, 0.15) is 25.3 Å². The Labute approximate surface area is 98.3 Å². The van der Waals surface area contributed by atoms with Crippen LogP contribution in [0.3, 0.4) is 0 Å². The molecule has 0 bridgehead atoms. The zero-order valence-corrected chi connectivity index (χ0v) is 9.55. The molecule has 5 heteroatoms. The number of phenolic OH excluding ortho intramolecular Hbond substituents is 1. The first kappa shape index (κ1) is 10.7. The zero-order chi connectivity index (χ0) is 12.0. The van der Waals surface area contributed by atoms with Crippen molar-refractivity contribution in [1.82, 2.24) is 5.32 Å². The van der Waals surface area contributed by atoms with E-state index in [9.17, 15) is 9.50 Å². The number of phenols is 1. The number of halogens is 1. The van der Waals surface area contributed by atoms with Gasteiger partial charge in [0.25, 0.3) is 0 Å². The van der Waals surface area contributed by atoms with Crippen LogP contribution in [-0.2, 0) is 5.54 Å². The lowest BCUT2D eigenvalue weighted by molar-refractivity contribution is 0.170. The zero-order valence-electron chi connectivity index (χ0n) is 9.55. The molecule has 1 unspecified atom stereocenters. The Morgan fingerprint density at radius 1 is 1.47 bits per heavy atom. The van der Waals surface area contributed by atoms with Gasteiger partial charge in [0.15, 0.2) is 11.5 Å². The summed E-state index contributed by atoms with van der Waals surface area (Å²) in [6, 6.07) is 1.67. The second kappa shape index (κ2) is 3.50. The minimum Gasteiger partial charge on any atom is -0.504 e. The van der Waals surface area contributed by atoms with Crippen LogP contribution in [-0.4, -0.2) is 18.4 Å². The number of rotatable bonds is 1. The standard InChI is InChI=1S/C12H14FNO3/c1-12(3-2-4-14-12)7-5-8-11(17-6-16-8)9(13)10(7)15/h5,14-15H,2-4,6H2,1H3. The van der Waals surface area contributed by atoms with Crippen molar-refractivity contribution in [2.24, 2.45) is 0 Å². The molecule has 2 aliphatic heterocycles. The Morgan fingerprint density at radius 3 is 3.00 bits per heavy atom. The maximum Gasteiger partial charge on any atom is 0.231 e. The SMILES string of the molecule is CC1(c2cc3c(c(F)c2O)OCO3)CCCN1. The summed E-state index contributed by atoms with van der Waals surface area (Å²) in [5.41, 5.74) is 0.142. The first-order valence-corrected chi connectivity index (χ1v) is 5.68. The van der Waals surface area contributed by atoms with Gasteiger partial charge in [0, 0.05) is 11.1 Å². The van der Waals surface area contributed by atoms with Crippen LogP contribution in [0.25, 0.3) is 0 Å². The third kappa shape index (κ3) is 1.45. The average molecular weight is 239 g/mol. The van der Waals surface area contributed by atoms with Crippen LogP contribution in [0.2, 0.25) is 0 Å². The summed E-state index contributed by atoms with van der Waals surface area (Å²) in [7, 11) is 0. The fraction of sp³-hybridized carbons (Fsp3) is 0.500. The lowest BCUT2D eigenvalue weighted by atomic mass is 9.89. The van der Waals surface area contributed by atoms with E-state index in [-0.39, 0.29) is 18.3 Å². The highest BCUT2D eigenvalue weighted by Gasteiger charge is 2.36. The molecule has 2 aliphatic rings. The summed E-state index contributed by atoms with van der Waals surface area (Å²) < 4.78 is 24.1. The molecule has 1 aromatic carbocycles. The van der Waals surface area contributed by atoms with Crippen LogP contribution < -0.4 is 14.8 Å². The van der Waals surface area contributed by atoms with E-state index in [2.05, 4.69) is 5.32 Å². The van der Waals surface area contributed by atoms with Crippen molar-refractivity contribution in [1.29, 1.82) is 0 Å². The van der Waals surface area contributed by atoms with Gasteiger partial charge >= 0.3 is 0 Å². The molecule has 1 aromatic rings. The van der Waals surface area contributed by atoms with Crippen LogP contribution in [0.15, 0.2) is 6.07 Å². The Balaban J connectivity index is 2.14. The molecule has 0 radical (unpaired) electrons. The molecule has 0 amide bonds. The summed E-state index contributed by atoms with van der Waals surface area (Å²) >= 11 is 0. The van der Waals surface area contributed by atoms with Crippen LogP contribution in [0.4, 0.5) is 4.39 Å². The molecule has 1 atom stereocenters. The molecular weight excluding hydrogens is 225 g/mol. The fourth-order valence-electron chi connectivity index (χ4n) is 2.54.